The van der Waals surface area contributed by atoms with Crippen molar-refractivity contribution in [3.05, 3.63) is 29.3 Å². The molecule has 0 bridgehead atoms. The van der Waals surface area contributed by atoms with E-state index >= 15 is 0 Å². The number of methoxy groups -OCH3 is 1. The summed E-state index contributed by atoms with van der Waals surface area (Å²) in [5.74, 6) is 0.844. The van der Waals surface area contributed by atoms with Gasteiger partial charge in [0, 0.05) is 18.7 Å². The maximum Gasteiger partial charge on any atom is 0.253 e. The van der Waals surface area contributed by atoms with Gasteiger partial charge in [-0.25, -0.2) is 0 Å². The molecule has 0 aliphatic rings. The third-order valence-electron chi connectivity index (χ3n) is 2.82. The second kappa shape index (κ2) is 6.28. The first-order chi connectivity index (χ1) is 8.13. The van der Waals surface area contributed by atoms with Crippen molar-refractivity contribution in [1.29, 1.82) is 0 Å². The summed E-state index contributed by atoms with van der Waals surface area (Å²) in [6.07, 6.45) is 0.975. The minimum absolute atomic E-state index is 0.0765. The number of aryl methyl sites for hydroxylation is 1. The Hall–Kier alpha value is -1.51. The minimum Gasteiger partial charge on any atom is -0.496 e. The Kier molecular flexibility index (Phi) is 5.01. The predicted octanol–water partition coefficient (Wildman–Crippen LogP) is 2.88. The molecule has 0 heterocycles. The van der Waals surface area contributed by atoms with Gasteiger partial charge in [-0.1, -0.05) is 13.0 Å². The summed E-state index contributed by atoms with van der Waals surface area (Å²) in [6, 6.07) is 5.60. The lowest BCUT2D eigenvalue weighted by Crippen LogP contribution is -2.31. The number of carbonyl (C=O) groups is 1. The monoisotopic (exact) mass is 235 g/mol. The molecule has 0 radical (unpaired) electrons. The standard InChI is InChI=1S/C14H21NO2/c1-5-9-15(6-2)14(16)12-8-7-11(3)13(10-12)17-4/h7-8,10H,5-6,9H2,1-4H3. The third kappa shape index (κ3) is 3.22. The molecular formula is C14H21NO2. The fraction of sp³-hybridized carbons (Fsp3) is 0.500. The summed E-state index contributed by atoms with van der Waals surface area (Å²) in [5, 5.41) is 0. The molecular weight excluding hydrogens is 214 g/mol. The number of rotatable bonds is 5. The van der Waals surface area contributed by atoms with Crippen molar-refractivity contribution in [2.75, 3.05) is 20.2 Å². The van der Waals surface area contributed by atoms with Gasteiger partial charge in [0.25, 0.3) is 5.91 Å². The summed E-state index contributed by atoms with van der Waals surface area (Å²) in [4.78, 5) is 14.1. The molecule has 1 amide bonds. The average Bonchev–Trinajstić information content (AvgIpc) is 2.35. The first-order valence-corrected chi connectivity index (χ1v) is 6.07. The summed E-state index contributed by atoms with van der Waals surface area (Å²) in [5.41, 5.74) is 1.74. The highest BCUT2D eigenvalue weighted by Crippen LogP contribution is 2.20. The number of carbonyl (C=O) groups excluding carboxylic acids is 1. The van der Waals surface area contributed by atoms with E-state index in [1.807, 2.05) is 36.9 Å². The van der Waals surface area contributed by atoms with Crippen LogP contribution in [0.2, 0.25) is 0 Å². The zero-order valence-corrected chi connectivity index (χ0v) is 11.1. The zero-order valence-electron chi connectivity index (χ0n) is 11.1. The molecule has 94 valence electrons. The molecule has 0 N–H and O–H groups in total. The van der Waals surface area contributed by atoms with Gasteiger partial charge in [-0.2, -0.15) is 0 Å². The van der Waals surface area contributed by atoms with Crippen LogP contribution in [0.25, 0.3) is 0 Å². The van der Waals surface area contributed by atoms with Crippen LogP contribution in [0.15, 0.2) is 18.2 Å². The summed E-state index contributed by atoms with van der Waals surface area (Å²) < 4.78 is 5.24. The molecule has 0 fully saturated rings. The van der Waals surface area contributed by atoms with Gasteiger partial charge in [-0.15, -0.1) is 0 Å². The molecule has 0 saturated heterocycles. The Bertz CT molecular complexity index is 388. The smallest absolute Gasteiger partial charge is 0.253 e. The Morgan fingerprint density at radius 2 is 2.06 bits per heavy atom. The van der Waals surface area contributed by atoms with E-state index in [0.29, 0.717) is 5.56 Å². The topological polar surface area (TPSA) is 29.5 Å². The number of hydrogen-bond acceptors (Lipinski definition) is 2. The third-order valence-corrected chi connectivity index (χ3v) is 2.82. The van der Waals surface area contributed by atoms with Crippen LogP contribution in [-0.2, 0) is 0 Å². The molecule has 0 aliphatic carbocycles. The lowest BCUT2D eigenvalue weighted by Gasteiger charge is -2.20. The highest BCUT2D eigenvalue weighted by atomic mass is 16.5. The first kappa shape index (κ1) is 13.6. The molecule has 3 nitrogen and oxygen atoms in total. The van der Waals surface area contributed by atoms with E-state index < -0.39 is 0 Å². The largest absolute Gasteiger partial charge is 0.496 e. The van der Waals surface area contributed by atoms with Crippen LogP contribution in [-0.4, -0.2) is 31.0 Å². The minimum atomic E-state index is 0.0765. The van der Waals surface area contributed by atoms with E-state index in [-0.39, 0.29) is 5.91 Å². The van der Waals surface area contributed by atoms with E-state index in [9.17, 15) is 4.79 Å². The van der Waals surface area contributed by atoms with Crippen LogP contribution in [0.4, 0.5) is 0 Å². The van der Waals surface area contributed by atoms with Crippen molar-refractivity contribution in [3.63, 3.8) is 0 Å². The van der Waals surface area contributed by atoms with Gasteiger partial charge in [0.15, 0.2) is 0 Å². The van der Waals surface area contributed by atoms with Crippen molar-refractivity contribution in [2.24, 2.45) is 0 Å². The van der Waals surface area contributed by atoms with Crippen LogP contribution < -0.4 is 4.74 Å². The fourth-order valence-corrected chi connectivity index (χ4v) is 1.81. The van der Waals surface area contributed by atoms with E-state index in [1.165, 1.54) is 0 Å². The molecule has 0 saturated carbocycles. The highest BCUT2D eigenvalue weighted by molar-refractivity contribution is 5.94. The van der Waals surface area contributed by atoms with Crippen molar-refractivity contribution in [3.8, 4) is 5.75 Å². The van der Waals surface area contributed by atoms with Gasteiger partial charge in [0.2, 0.25) is 0 Å². The maximum atomic E-state index is 12.2. The van der Waals surface area contributed by atoms with Crippen molar-refractivity contribution < 1.29 is 9.53 Å². The summed E-state index contributed by atoms with van der Waals surface area (Å²) >= 11 is 0. The van der Waals surface area contributed by atoms with Gasteiger partial charge in [-0.3, -0.25) is 4.79 Å². The molecule has 0 aromatic heterocycles. The summed E-state index contributed by atoms with van der Waals surface area (Å²) in [6.45, 7) is 7.58. The molecule has 1 rings (SSSR count). The van der Waals surface area contributed by atoms with Crippen LogP contribution in [0.5, 0.6) is 5.75 Å². The second-order valence-corrected chi connectivity index (χ2v) is 4.07. The number of benzene rings is 1. The number of hydrogen-bond donors (Lipinski definition) is 0. The zero-order chi connectivity index (χ0) is 12.8. The number of nitrogens with zero attached hydrogens (tertiary/aromatic N) is 1. The highest BCUT2D eigenvalue weighted by Gasteiger charge is 2.14. The molecule has 3 heteroatoms. The lowest BCUT2D eigenvalue weighted by molar-refractivity contribution is 0.0764. The molecule has 0 unspecified atom stereocenters. The van der Waals surface area contributed by atoms with Crippen LogP contribution in [0, 0.1) is 6.92 Å². The van der Waals surface area contributed by atoms with Crippen LogP contribution >= 0.6 is 0 Å². The van der Waals surface area contributed by atoms with Gasteiger partial charge < -0.3 is 9.64 Å². The Labute approximate surface area is 103 Å². The Morgan fingerprint density at radius 1 is 1.35 bits per heavy atom. The SMILES string of the molecule is CCCN(CC)C(=O)c1ccc(C)c(OC)c1. The molecule has 0 spiro atoms. The van der Waals surface area contributed by atoms with E-state index in [4.69, 9.17) is 4.74 Å². The number of amides is 1. The summed E-state index contributed by atoms with van der Waals surface area (Å²) in [7, 11) is 1.63. The van der Waals surface area contributed by atoms with Crippen LogP contribution in [0.1, 0.15) is 36.2 Å². The Morgan fingerprint density at radius 3 is 2.59 bits per heavy atom. The normalized spacial score (nSPS) is 10.1. The molecule has 1 aromatic carbocycles. The van der Waals surface area contributed by atoms with Gasteiger partial charge in [-0.05, 0) is 38.0 Å². The Balaban J connectivity index is 2.95. The van der Waals surface area contributed by atoms with Crippen molar-refractivity contribution in [2.45, 2.75) is 27.2 Å². The van der Waals surface area contributed by atoms with Gasteiger partial charge in [0.05, 0.1) is 7.11 Å². The molecule has 0 aliphatic heterocycles. The van der Waals surface area contributed by atoms with E-state index in [0.717, 1.165) is 30.8 Å². The molecule has 17 heavy (non-hydrogen) atoms. The second-order valence-electron chi connectivity index (χ2n) is 4.07. The van der Waals surface area contributed by atoms with Crippen LogP contribution in [0.3, 0.4) is 0 Å². The van der Waals surface area contributed by atoms with E-state index in [1.54, 1.807) is 7.11 Å². The first-order valence-electron chi connectivity index (χ1n) is 6.07. The van der Waals surface area contributed by atoms with Crippen molar-refractivity contribution >= 4 is 5.91 Å². The maximum absolute atomic E-state index is 12.2. The predicted molar refractivity (Wildman–Crippen MR) is 69.6 cm³/mol. The average molecular weight is 235 g/mol. The van der Waals surface area contributed by atoms with Crippen molar-refractivity contribution in [1.82, 2.24) is 4.90 Å². The molecule has 0 atom stereocenters. The lowest BCUT2D eigenvalue weighted by atomic mass is 10.1. The van der Waals surface area contributed by atoms with Gasteiger partial charge >= 0.3 is 0 Å². The quantitative estimate of drug-likeness (QED) is 0.785. The number of ether oxygens (including phenoxy) is 1. The van der Waals surface area contributed by atoms with E-state index in [2.05, 4.69) is 6.92 Å². The molecule has 1 aromatic rings. The van der Waals surface area contributed by atoms with Gasteiger partial charge in [0.1, 0.15) is 5.75 Å². The fourth-order valence-electron chi connectivity index (χ4n) is 1.81.